The topological polar surface area (TPSA) is 28.2 Å². The number of rotatable bonds is 16. The fraction of sp³-hybridized carbons (Fsp3) is 1.00. The zero-order valence-electron chi connectivity index (χ0n) is 15.6. The summed E-state index contributed by atoms with van der Waals surface area (Å²) in [6, 6.07) is 0. The molecule has 0 N–H and O–H groups in total. The Morgan fingerprint density at radius 3 is 1.18 bits per heavy atom. The highest BCUT2D eigenvalue weighted by Crippen LogP contribution is 1.90. The van der Waals surface area contributed by atoms with Crippen molar-refractivity contribution < 1.29 is 9.47 Å². The van der Waals surface area contributed by atoms with Crippen LogP contribution in [0.25, 0.3) is 0 Å². The quantitative estimate of drug-likeness (QED) is 0.404. The van der Waals surface area contributed by atoms with Gasteiger partial charge in [-0.1, -0.05) is 27.7 Å². The van der Waals surface area contributed by atoms with Crippen molar-refractivity contribution in [2.24, 2.45) is 0 Å². The number of hydrogen-bond acceptors (Lipinski definition) is 5. The highest BCUT2D eigenvalue weighted by molar-refractivity contribution is 4.54. The van der Waals surface area contributed by atoms with Gasteiger partial charge in [-0.05, 0) is 33.2 Å². The molecule has 0 bridgehead atoms. The molecule has 134 valence electrons. The van der Waals surface area contributed by atoms with Crippen molar-refractivity contribution in [3.05, 3.63) is 0 Å². The van der Waals surface area contributed by atoms with Crippen molar-refractivity contribution in [1.29, 1.82) is 0 Å². The first kappa shape index (κ1) is 21.8. The number of likely N-dealkylation sites (N-methyl/N-ethyl adjacent to an activating group) is 3. The maximum atomic E-state index is 5.70. The summed E-state index contributed by atoms with van der Waals surface area (Å²) < 4.78 is 11.4. The Kier molecular flexibility index (Phi) is 15.5. The van der Waals surface area contributed by atoms with Gasteiger partial charge in [0.15, 0.2) is 0 Å². The van der Waals surface area contributed by atoms with Gasteiger partial charge in [-0.15, -0.1) is 0 Å². The largest absolute Gasteiger partial charge is 0.379 e. The third kappa shape index (κ3) is 12.4. The first-order chi connectivity index (χ1) is 10.7. The molecule has 0 amide bonds. The minimum atomic E-state index is 0.803. The summed E-state index contributed by atoms with van der Waals surface area (Å²) in [5, 5.41) is 0. The van der Waals surface area contributed by atoms with E-state index in [-0.39, 0.29) is 0 Å². The van der Waals surface area contributed by atoms with Gasteiger partial charge in [-0.3, -0.25) is 0 Å². The second kappa shape index (κ2) is 15.7. The Morgan fingerprint density at radius 1 is 0.545 bits per heavy atom. The van der Waals surface area contributed by atoms with Crippen LogP contribution >= 0.6 is 0 Å². The Morgan fingerprint density at radius 2 is 0.864 bits per heavy atom. The molecule has 0 fully saturated rings. The van der Waals surface area contributed by atoms with Crippen LogP contribution in [0.5, 0.6) is 0 Å². The van der Waals surface area contributed by atoms with Crippen molar-refractivity contribution >= 4 is 0 Å². The summed E-state index contributed by atoms with van der Waals surface area (Å²) in [6.45, 7) is 20.4. The Hall–Kier alpha value is -0.200. The molecule has 0 saturated carbocycles. The van der Waals surface area contributed by atoms with Crippen LogP contribution in [0.2, 0.25) is 0 Å². The SMILES string of the molecule is CCN(CC)CCOCCN(C)CCOCCN(CC)CC. The number of hydrogen-bond donors (Lipinski definition) is 0. The second-order valence-electron chi connectivity index (χ2n) is 5.58. The van der Waals surface area contributed by atoms with Crippen LogP contribution < -0.4 is 0 Å². The summed E-state index contributed by atoms with van der Waals surface area (Å²) in [7, 11) is 2.13. The fourth-order valence-electron chi connectivity index (χ4n) is 2.22. The minimum Gasteiger partial charge on any atom is -0.379 e. The molecule has 0 heterocycles. The molecule has 0 atom stereocenters. The lowest BCUT2D eigenvalue weighted by atomic mass is 10.5. The summed E-state index contributed by atoms with van der Waals surface area (Å²) in [6.07, 6.45) is 0. The van der Waals surface area contributed by atoms with E-state index in [2.05, 4.69) is 49.4 Å². The van der Waals surface area contributed by atoms with E-state index in [1.807, 2.05) is 0 Å². The predicted molar refractivity (Wildman–Crippen MR) is 94.7 cm³/mol. The van der Waals surface area contributed by atoms with E-state index >= 15 is 0 Å². The monoisotopic (exact) mass is 317 g/mol. The third-order valence-electron chi connectivity index (χ3n) is 4.13. The number of nitrogens with zero attached hydrogens (tertiary/aromatic N) is 3. The molecule has 0 aliphatic rings. The zero-order valence-corrected chi connectivity index (χ0v) is 15.6. The molecule has 0 aliphatic carbocycles. The van der Waals surface area contributed by atoms with Gasteiger partial charge in [-0.2, -0.15) is 0 Å². The standard InChI is InChI=1S/C17H39N3O2/c1-6-19(7-2)12-16-21-14-10-18(5)11-15-22-17-13-20(8-3)9-4/h6-17H2,1-5H3. The predicted octanol–water partition coefficient (Wildman–Crippen LogP) is 1.64. The summed E-state index contributed by atoms with van der Waals surface area (Å²) in [5.41, 5.74) is 0. The van der Waals surface area contributed by atoms with Crippen LogP contribution in [0, 0.1) is 0 Å². The molecular weight excluding hydrogens is 278 g/mol. The zero-order chi connectivity index (χ0) is 16.6. The van der Waals surface area contributed by atoms with Crippen molar-refractivity contribution in [2.45, 2.75) is 27.7 Å². The lowest BCUT2D eigenvalue weighted by Crippen LogP contribution is -2.31. The molecule has 0 aromatic heterocycles. The molecule has 0 aromatic rings. The van der Waals surface area contributed by atoms with Crippen LogP contribution in [0.3, 0.4) is 0 Å². The van der Waals surface area contributed by atoms with E-state index in [0.29, 0.717) is 0 Å². The van der Waals surface area contributed by atoms with Gasteiger partial charge in [0.1, 0.15) is 0 Å². The van der Waals surface area contributed by atoms with E-state index in [9.17, 15) is 0 Å². The van der Waals surface area contributed by atoms with Crippen molar-refractivity contribution in [2.75, 3.05) is 85.8 Å². The molecule has 0 saturated heterocycles. The first-order valence-corrected chi connectivity index (χ1v) is 8.96. The van der Waals surface area contributed by atoms with E-state index in [1.54, 1.807) is 0 Å². The molecule has 5 nitrogen and oxygen atoms in total. The smallest absolute Gasteiger partial charge is 0.0594 e. The van der Waals surface area contributed by atoms with Gasteiger partial charge in [-0.25, -0.2) is 0 Å². The van der Waals surface area contributed by atoms with Gasteiger partial charge >= 0.3 is 0 Å². The fourth-order valence-corrected chi connectivity index (χ4v) is 2.22. The summed E-state index contributed by atoms with van der Waals surface area (Å²) in [4.78, 5) is 7.04. The van der Waals surface area contributed by atoms with E-state index in [0.717, 1.165) is 78.8 Å². The lowest BCUT2D eigenvalue weighted by molar-refractivity contribution is 0.0682. The van der Waals surface area contributed by atoms with Crippen LogP contribution in [0.1, 0.15) is 27.7 Å². The molecule has 0 radical (unpaired) electrons. The summed E-state index contributed by atoms with van der Waals surface area (Å²) in [5.74, 6) is 0. The molecule has 5 heteroatoms. The minimum absolute atomic E-state index is 0.803. The van der Waals surface area contributed by atoms with Gasteiger partial charge in [0.2, 0.25) is 0 Å². The highest BCUT2D eigenvalue weighted by atomic mass is 16.5. The Balaban J connectivity index is 3.37. The van der Waals surface area contributed by atoms with Crippen LogP contribution in [-0.2, 0) is 9.47 Å². The molecule has 0 spiro atoms. The van der Waals surface area contributed by atoms with E-state index in [1.165, 1.54) is 0 Å². The van der Waals surface area contributed by atoms with Gasteiger partial charge in [0.05, 0.1) is 26.4 Å². The molecule has 22 heavy (non-hydrogen) atoms. The van der Waals surface area contributed by atoms with Gasteiger partial charge < -0.3 is 24.2 Å². The lowest BCUT2D eigenvalue weighted by Gasteiger charge is -2.20. The molecule has 0 unspecified atom stereocenters. The van der Waals surface area contributed by atoms with Gasteiger partial charge in [0, 0.05) is 26.2 Å². The average molecular weight is 318 g/mol. The average Bonchev–Trinajstić information content (AvgIpc) is 2.54. The highest BCUT2D eigenvalue weighted by Gasteiger charge is 2.02. The van der Waals surface area contributed by atoms with Crippen LogP contribution in [-0.4, -0.2) is 101 Å². The van der Waals surface area contributed by atoms with E-state index in [4.69, 9.17) is 9.47 Å². The van der Waals surface area contributed by atoms with Crippen molar-refractivity contribution in [1.82, 2.24) is 14.7 Å². The Labute approximate surface area is 138 Å². The van der Waals surface area contributed by atoms with Gasteiger partial charge in [0.25, 0.3) is 0 Å². The molecule has 0 aromatic carbocycles. The maximum Gasteiger partial charge on any atom is 0.0594 e. The van der Waals surface area contributed by atoms with Crippen molar-refractivity contribution in [3.63, 3.8) is 0 Å². The molecule has 0 aliphatic heterocycles. The maximum absolute atomic E-state index is 5.70. The molecular formula is C17H39N3O2. The van der Waals surface area contributed by atoms with Crippen molar-refractivity contribution in [3.8, 4) is 0 Å². The Bertz CT molecular complexity index is 200. The molecule has 0 rings (SSSR count). The first-order valence-electron chi connectivity index (χ1n) is 8.96. The summed E-state index contributed by atoms with van der Waals surface area (Å²) >= 11 is 0. The van der Waals surface area contributed by atoms with Crippen LogP contribution in [0.15, 0.2) is 0 Å². The second-order valence-corrected chi connectivity index (χ2v) is 5.58. The van der Waals surface area contributed by atoms with Crippen LogP contribution in [0.4, 0.5) is 0 Å². The number of ether oxygens (including phenoxy) is 2. The third-order valence-corrected chi connectivity index (χ3v) is 4.13. The normalized spacial score (nSPS) is 12.0. The van der Waals surface area contributed by atoms with E-state index < -0.39 is 0 Å².